The molecule has 0 saturated heterocycles. The summed E-state index contributed by atoms with van der Waals surface area (Å²) in [6, 6.07) is 2.48. The molecule has 1 aromatic heterocycles. The Bertz CT molecular complexity index is 367. The molecule has 90 valence electrons. The fraction of sp³-hybridized carbons (Fsp3) is 0.500. The lowest BCUT2D eigenvalue weighted by Gasteiger charge is -2.20. The van der Waals surface area contributed by atoms with Crippen LogP contribution in [0, 0.1) is 0 Å². The van der Waals surface area contributed by atoms with E-state index in [1.165, 1.54) is 12.1 Å². The van der Waals surface area contributed by atoms with Gasteiger partial charge in [-0.2, -0.15) is 0 Å². The van der Waals surface area contributed by atoms with Crippen LogP contribution in [0.1, 0.15) is 26.7 Å². The molecular weight excluding hydrogens is 229 g/mol. The number of hydrogen-bond acceptors (Lipinski definition) is 4. The lowest BCUT2D eigenvalue weighted by atomic mass is 10.0. The Morgan fingerprint density at radius 3 is 2.44 bits per heavy atom. The van der Waals surface area contributed by atoms with Gasteiger partial charge in [-0.15, -0.1) is 14.0 Å². The lowest BCUT2D eigenvalue weighted by Crippen LogP contribution is -2.27. The van der Waals surface area contributed by atoms with Gasteiger partial charge in [0.05, 0.1) is 6.42 Å². The largest absolute Gasteiger partial charge is 0.492 e. The average Bonchev–Trinajstić information content (AvgIpc) is 2.49. The molecule has 0 amide bonds. The molecule has 0 aromatic carbocycles. The van der Waals surface area contributed by atoms with Gasteiger partial charge < -0.3 is 15.1 Å². The summed E-state index contributed by atoms with van der Waals surface area (Å²) in [5, 5.41) is 18.3. The Kier molecular flexibility index (Phi) is 3.81. The van der Waals surface area contributed by atoms with Crippen molar-refractivity contribution in [1.82, 2.24) is 4.73 Å². The first-order valence-corrected chi connectivity index (χ1v) is 5.53. The lowest BCUT2D eigenvalue weighted by molar-refractivity contribution is -0.146. The van der Waals surface area contributed by atoms with Crippen LogP contribution in [0.5, 0.6) is 11.8 Å². The van der Waals surface area contributed by atoms with Gasteiger partial charge in [0.2, 0.25) is 11.8 Å². The molecule has 0 aliphatic rings. The van der Waals surface area contributed by atoms with E-state index in [2.05, 4.69) is 9.24 Å². The van der Waals surface area contributed by atoms with E-state index >= 15 is 0 Å². The van der Waals surface area contributed by atoms with Crippen molar-refractivity contribution in [3.63, 3.8) is 0 Å². The monoisotopic (exact) mass is 245 g/mol. The molecule has 5 nitrogen and oxygen atoms in total. The predicted molar refractivity (Wildman–Crippen MR) is 62.4 cm³/mol. The third-order valence-corrected chi connectivity index (χ3v) is 2.96. The van der Waals surface area contributed by atoms with Crippen molar-refractivity contribution in [2.24, 2.45) is 0 Å². The first-order valence-electron chi connectivity index (χ1n) is 4.95. The van der Waals surface area contributed by atoms with Crippen LogP contribution >= 0.6 is 9.24 Å². The molecule has 0 bridgehead atoms. The van der Waals surface area contributed by atoms with Crippen molar-refractivity contribution in [1.29, 1.82) is 0 Å². The number of aromatic nitrogens is 1. The summed E-state index contributed by atoms with van der Waals surface area (Å²) in [5.74, 6) is -1.14. The molecule has 0 spiro atoms. The van der Waals surface area contributed by atoms with E-state index in [-0.39, 0.29) is 23.3 Å². The summed E-state index contributed by atoms with van der Waals surface area (Å²) in [6.07, 6.45) is 0.988. The maximum Gasteiger partial charge on any atom is 0.334 e. The summed E-state index contributed by atoms with van der Waals surface area (Å²) < 4.78 is 0.693. The van der Waals surface area contributed by atoms with Crippen LogP contribution in [0.3, 0.4) is 0 Å². The Balaban J connectivity index is 2.66. The minimum absolute atomic E-state index is 0.186. The summed E-state index contributed by atoms with van der Waals surface area (Å²) >= 11 is 0. The maximum atomic E-state index is 11.5. The number of hydrogen-bond donors (Lipinski definition) is 2. The van der Waals surface area contributed by atoms with Gasteiger partial charge in [-0.3, -0.25) is 0 Å². The van der Waals surface area contributed by atoms with Crippen molar-refractivity contribution < 1.29 is 19.8 Å². The molecule has 1 heterocycles. The SMILES string of the molecule is CCC(C)(P)CC(=O)On1c(O)ccc1O. The zero-order chi connectivity index (χ0) is 12.3. The maximum absolute atomic E-state index is 11.5. The van der Waals surface area contributed by atoms with Gasteiger partial charge in [0, 0.05) is 12.1 Å². The van der Waals surface area contributed by atoms with Crippen LogP contribution in [0.4, 0.5) is 0 Å². The molecule has 1 rings (SSSR count). The van der Waals surface area contributed by atoms with Crippen molar-refractivity contribution in [2.45, 2.75) is 31.8 Å². The summed E-state index contributed by atoms with van der Waals surface area (Å²) in [7, 11) is 2.59. The smallest absolute Gasteiger partial charge is 0.334 e. The Morgan fingerprint density at radius 2 is 2.00 bits per heavy atom. The molecule has 1 aromatic rings. The van der Waals surface area contributed by atoms with Gasteiger partial charge >= 0.3 is 5.97 Å². The van der Waals surface area contributed by atoms with Gasteiger partial charge in [0.25, 0.3) is 0 Å². The summed E-state index contributed by atoms with van der Waals surface area (Å²) in [6.45, 7) is 3.87. The first kappa shape index (κ1) is 12.8. The zero-order valence-electron chi connectivity index (χ0n) is 9.30. The molecule has 0 fully saturated rings. The number of aromatic hydroxyl groups is 2. The van der Waals surface area contributed by atoms with Crippen LogP contribution in [0.2, 0.25) is 0 Å². The molecule has 6 heteroatoms. The van der Waals surface area contributed by atoms with Crippen LogP contribution in [0.15, 0.2) is 12.1 Å². The highest BCUT2D eigenvalue weighted by molar-refractivity contribution is 7.19. The third-order valence-electron chi connectivity index (χ3n) is 2.35. The zero-order valence-corrected chi connectivity index (χ0v) is 10.5. The first-order chi connectivity index (χ1) is 7.35. The predicted octanol–water partition coefficient (Wildman–Crippen LogP) is 1.29. The second kappa shape index (κ2) is 4.74. The topological polar surface area (TPSA) is 71.7 Å². The molecule has 0 saturated carbocycles. The Morgan fingerprint density at radius 1 is 1.50 bits per heavy atom. The fourth-order valence-electron chi connectivity index (χ4n) is 1.08. The molecule has 2 N–H and O–H groups in total. The van der Waals surface area contributed by atoms with Gasteiger partial charge in [0.1, 0.15) is 0 Å². The molecule has 0 radical (unpaired) electrons. The van der Waals surface area contributed by atoms with Gasteiger partial charge in [0.15, 0.2) is 0 Å². The van der Waals surface area contributed by atoms with E-state index in [9.17, 15) is 15.0 Å². The molecule has 0 aliphatic carbocycles. The van der Waals surface area contributed by atoms with E-state index in [0.29, 0.717) is 4.73 Å². The van der Waals surface area contributed by atoms with Crippen molar-refractivity contribution in [3.05, 3.63) is 12.1 Å². The minimum Gasteiger partial charge on any atom is -0.492 e. The molecular formula is C10H16NO4P. The second-order valence-corrected chi connectivity index (χ2v) is 5.39. The molecule has 2 atom stereocenters. The summed E-state index contributed by atoms with van der Waals surface area (Å²) in [5.41, 5.74) is 0. The molecule has 0 aliphatic heterocycles. The fourth-order valence-corrected chi connectivity index (χ4v) is 1.25. The third kappa shape index (κ3) is 3.14. The number of rotatable bonds is 4. The van der Waals surface area contributed by atoms with Crippen molar-refractivity contribution in [2.75, 3.05) is 0 Å². The molecule has 2 unspecified atom stereocenters. The second-order valence-electron chi connectivity index (χ2n) is 3.99. The van der Waals surface area contributed by atoms with Crippen molar-refractivity contribution in [3.8, 4) is 11.8 Å². The van der Waals surface area contributed by atoms with E-state index in [0.717, 1.165) is 6.42 Å². The number of nitrogens with zero attached hydrogens (tertiary/aromatic N) is 1. The summed E-state index contributed by atoms with van der Waals surface area (Å²) in [4.78, 5) is 16.3. The Hall–Kier alpha value is -1.22. The average molecular weight is 245 g/mol. The van der Waals surface area contributed by atoms with E-state index in [1.807, 2.05) is 13.8 Å². The van der Waals surface area contributed by atoms with E-state index in [4.69, 9.17) is 4.84 Å². The highest BCUT2D eigenvalue weighted by Gasteiger charge is 2.22. The van der Waals surface area contributed by atoms with Crippen LogP contribution < -0.4 is 4.84 Å². The number of carbonyl (C=O) groups excluding carboxylic acids is 1. The van der Waals surface area contributed by atoms with Crippen molar-refractivity contribution >= 4 is 15.2 Å². The van der Waals surface area contributed by atoms with E-state index < -0.39 is 5.97 Å². The van der Waals surface area contributed by atoms with Gasteiger partial charge in [-0.1, -0.05) is 13.8 Å². The quantitative estimate of drug-likeness (QED) is 0.784. The Labute approximate surface area is 96.2 Å². The van der Waals surface area contributed by atoms with Crippen LogP contribution in [0.25, 0.3) is 0 Å². The van der Waals surface area contributed by atoms with Gasteiger partial charge in [-0.25, -0.2) is 4.79 Å². The highest BCUT2D eigenvalue weighted by atomic mass is 31.0. The number of carbonyl (C=O) groups is 1. The van der Waals surface area contributed by atoms with Crippen LogP contribution in [-0.2, 0) is 4.79 Å². The van der Waals surface area contributed by atoms with Gasteiger partial charge in [-0.05, 0) is 11.6 Å². The normalized spacial score (nSPS) is 14.4. The van der Waals surface area contributed by atoms with Crippen LogP contribution in [-0.4, -0.2) is 26.1 Å². The minimum atomic E-state index is -0.513. The van der Waals surface area contributed by atoms with E-state index in [1.54, 1.807) is 0 Å². The highest BCUT2D eigenvalue weighted by Crippen LogP contribution is 2.26. The molecule has 16 heavy (non-hydrogen) atoms. The standard InChI is InChI=1S/C10H16NO4P/c1-3-10(2,16)6-9(14)15-11-7(12)4-5-8(11)13/h4-5,12-13H,3,6,16H2,1-2H3.